The van der Waals surface area contributed by atoms with Crippen LogP contribution in [0.5, 0.6) is 5.75 Å². The normalized spacial score (nSPS) is 23.0. The largest absolute Gasteiger partial charge is 0.492 e. The Morgan fingerprint density at radius 3 is 3.13 bits per heavy atom. The summed E-state index contributed by atoms with van der Waals surface area (Å²) in [5.41, 5.74) is 2.05. The van der Waals surface area contributed by atoms with Gasteiger partial charge in [0.05, 0.1) is 6.10 Å². The van der Waals surface area contributed by atoms with Crippen LogP contribution in [0, 0.1) is 5.92 Å². The number of ether oxygens (including phenoxy) is 1. The first kappa shape index (κ1) is 16.3. The summed E-state index contributed by atoms with van der Waals surface area (Å²) >= 11 is 0. The molecule has 2 unspecified atom stereocenters. The fraction of sp³-hybridized carbons (Fsp3) is 0.611. The molecule has 2 heterocycles. The molecule has 1 amide bonds. The molecule has 23 heavy (non-hydrogen) atoms. The van der Waals surface area contributed by atoms with Gasteiger partial charge < -0.3 is 15.2 Å². The summed E-state index contributed by atoms with van der Waals surface area (Å²) in [6.07, 6.45) is 3.36. The number of nitrogens with zero attached hydrogens (tertiary/aromatic N) is 1. The molecule has 0 saturated carbocycles. The third kappa shape index (κ3) is 4.24. The standard InChI is InChI=1S/C18H26N2O3/c1-13(21)15-3-2-8-20(12-15)9-10-23-16-5-6-17-14(11-16)4-7-18(22)19-17/h5-6,11,13,15,21H,2-4,7-10,12H2,1H3,(H,19,22). The van der Waals surface area contributed by atoms with Crippen molar-refractivity contribution >= 4 is 11.6 Å². The van der Waals surface area contributed by atoms with E-state index >= 15 is 0 Å². The Morgan fingerprint density at radius 2 is 2.30 bits per heavy atom. The second-order valence-corrected chi connectivity index (χ2v) is 6.66. The lowest BCUT2D eigenvalue weighted by Crippen LogP contribution is -2.41. The average molecular weight is 318 g/mol. The van der Waals surface area contributed by atoms with E-state index in [4.69, 9.17) is 4.74 Å². The minimum absolute atomic E-state index is 0.0870. The summed E-state index contributed by atoms with van der Waals surface area (Å²) in [4.78, 5) is 13.7. The lowest BCUT2D eigenvalue weighted by molar-refractivity contribution is -0.116. The van der Waals surface area contributed by atoms with Gasteiger partial charge in [0.2, 0.25) is 5.91 Å². The van der Waals surface area contributed by atoms with Crippen LogP contribution in [0.15, 0.2) is 18.2 Å². The molecule has 0 aromatic heterocycles. The topological polar surface area (TPSA) is 61.8 Å². The zero-order valence-corrected chi connectivity index (χ0v) is 13.8. The number of hydrogen-bond acceptors (Lipinski definition) is 4. The number of benzene rings is 1. The zero-order valence-electron chi connectivity index (χ0n) is 13.8. The molecule has 1 aromatic rings. The predicted octanol–water partition coefficient (Wildman–Crippen LogP) is 2.04. The number of aliphatic hydroxyl groups is 1. The van der Waals surface area contributed by atoms with E-state index in [9.17, 15) is 9.90 Å². The molecule has 3 rings (SSSR count). The van der Waals surface area contributed by atoms with Gasteiger partial charge in [0.15, 0.2) is 0 Å². The highest BCUT2D eigenvalue weighted by atomic mass is 16.5. The van der Waals surface area contributed by atoms with Crippen LogP contribution < -0.4 is 10.1 Å². The number of fused-ring (bicyclic) bond motifs is 1. The minimum Gasteiger partial charge on any atom is -0.492 e. The number of rotatable bonds is 5. The second kappa shape index (κ2) is 7.32. The van der Waals surface area contributed by atoms with Crippen LogP contribution in [0.25, 0.3) is 0 Å². The van der Waals surface area contributed by atoms with E-state index in [-0.39, 0.29) is 12.0 Å². The Labute approximate surface area is 137 Å². The van der Waals surface area contributed by atoms with Gasteiger partial charge in [-0.05, 0) is 62.4 Å². The van der Waals surface area contributed by atoms with Crippen LogP contribution in [0.4, 0.5) is 5.69 Å². The van der Waals surface area contributed by atoms with E-state index in [2.05, 4.69) is 10.2 Å². The van der Waals surface area contributed by atoms with Crippen molar-refractivity contribution in [3.63, 3.8) is 0 Å². The van der Waals surface area contributed by atoms with Crippen molar-refractivity contribution in [1.29, 1.82) is 0 Å². The molecule has 5 heteroatoms. The Balaban J connectivity index is 1.48. The number of aryl methyl sites for hydroxylation is 1. The highest BCUT2D eigenvalue weighted by Gasteiger charge is 2.23. The molecule has 0 bridgehead atoms. The molecule has 2 aliphatic rings. The van der Waals surface area contributed by atoms with Gasteiger partial charge in [-0.15, -0.1) is 0 Å². The van der Waals surface area contributed by atoms with Gasteiger partial charge in [0.25, 0.3) is 0 Å². The van der Waals surface area contributed by atoms with Gasteiger partial charge in [-0.2, -0.15) is 0 Å². The van der Waals surface area contributed by atoms with Gasteiger partial charge in [0.1, 0.15) is 12.4 Å². The van der Waals surface area contributed by atoms with Gasteiger partial charge >= 0.3 is 0 Å². The molecule has 126 valence electrons. The fourth-order valence-corrected chi connectivity index (χ4v) is 3.43. The number of carbonyl (C=O) groups excluding carboxylic acids is 1. The maximum atomic E-state index is 11.4. The smallest absolute Gasteiger partial charge is 0.224 e. The summed E-state index contributed by atoms with van der Waals surface area (Å²) < 4.78 is 5.88. The Bertz CT molecular complexity index is 559. The molecule has 0 radical (unpaired) electrons. The van der Waals surface area contributed by atoms with Crippen LogP contribution in [-0.4, -0.2) is 48.3 Å². The van der Waals surface area contributed by atoms with Gasteiger partial charge in [-0.1, -0.05) is 0 Å². The first-order chi connectivity index (χ1) is 11.1. The number of aliphatic hydroxyl groups excluding tert-OH is 1. The Morgan fingerprint density at radius 1 is 1.43 bits per heavy atom. The quantitative estimate of drug-likeness (QED) is 0.872. The Kier molecular flexibility index (Phi) is 5.18. The highest BCUT2D eigenvalue weighted by Crippen LogP contribution is 2.27. The van der Waals surface area contributed by atoms with Crippen molar-refractivity contribution < 1.29 is 14.6 Å². The first-order valence-corrected chi connectivity index (χ1v) is 8.58. The number of nitrogens with one attached hydrogen (secondary N) is 1. The van der Waals surface area contributed by atoms with E-state index in [0.29, 0.717) is 18.9 Å². The molecule has 5 nitrogen and oxygen atoms in total. The summed E-state index contributed by atoms with van der Waals surface area (Å²) in [7, 11) is 0. The lowest BCUT2D eigenvalue weighted by atomic mass is 9.93. The van der Waals surface area contributed by atoms with E-state index < -0.39 is 0 Å². The van der Waals surface area contributed by atoms with Gasteiger partial charge in [-0.3, -0.25) is 9.69 Å². The molecule has 0 spiro atoms. The molecular weight excluding hydrogens is 292 g/mol. The summed E-state index contributed by atoms with van der Waals surface area (Å²) in [5.74, 6) is 1.34. The SMILES string of the molecule is CC(O)C1CCCN(CCOc2ccc3c(c2)CCC(=O)N3)C1. The molecule has 1 saturated heterocycles. The average Bonchev–Trinajstić information content (AvgIpc) is 2.55. The van der Waals surface area contributed by atoms with E-state index in [1.54, 1.807) is 0 Å². The molecule has 0 aliphatic carbocycles. The van der Waals surface area contributed by atoms with Crippen LogP contribution in [0.2, 0.25) is 0 Å². The minimum atomic E-state index is -0.227. The zero-order chi connectivity index (χ0) is 16.2. The van der Waals surface area contributed by atoms with Gasteiger partial charge in [0, 0.05) is 25.2 Å². The summed E-state index contributed by atoms with van der Waals surface area (Å²) in [6.45, 7) is 5.46. The second-order valence-electron chi connectivity index (χ2n) is 6.66. The van der Waals surface area contributed by atoms with Crippen molar-refractivity contribution in [2.24, 2.45) is 5.92 Å². The number of piperidine rings is 1. The van der Waals surface area contributed by atoms with Crippen molar-refractivity contribution in [2.75, 3.05) is 31.6 Å². The Hall–Kier alpha value is -1.59. The number of hydrogen-bond donors (Lipinski definition) is 2. The number of amides is 1. The van der Waals surface area contributed by atoms with Gasteiger partial charge in [-0.25, -0.2) is 0 Å². The number of carbonyl (C=O) groups is 1. The van der Waals surface area contributed by atoms with Crippen molar-refractivity contribution in [3.8, 4) is 5.75 Å². The molecular formula is C18H26N2O3. The van der Waals surface area contributed by atoms with E-state index in [1.165, 1.54) is 0 Å². The molecule has 1 aromatic carbocycles. The first-order valence-electron chi connectivity index (χ1n) is 8.58. The van der Waals surface area contributed by atoms with Crippen molar-refractivity contribution in [2.45, 2.75) is 38.7 Å². The lowest BCUT2D eigenvalue weighted by Gasteiger charge is -2.34. The summed E-state index contributed by atoms with van der Waals surface area (Å²) in [6, 6.07) is 5.87. The summed E-state index contributed by atoms with van der Waals surface area (Å²) in [5, 5.41) is 12.6. The monoisotopic (exact) mass is 318 g/mol. The number of anilines is 1. The predicted molar refractivity (Wildman–Crippen MR) is 89.7 cm³/mol. The van der Waals surface area contributed by atoms with E-state index in [1.807, 2.05) is 25.1 Å². The fourth-order valence-electron chi connectivity index (χ4n) is 3.43. The van der Waals surface area contributed by atoms with Crippen LogP contribution in [0.3, 0.4) is 0 Å². The van der Waals surface area contributed by atoms with Crippen LogP contribution >= 0.6 is 0 Å². The third-order valence-electron chi connectivity index (χ3n) is 4.87. The highest BCUT2D eigenvalue weighted by molar-refractivity contribution is 5.93. The molecule has 2 N–H and O–H groups in total. The van der Waals surface area contributed by atoms with Crippen molar-refractivity contribution in [3.05, 3.63) is 23.8 Å². The van der Waals surface area contributed by atoms with E-state index in [0.717, 1.165) is 55.9 Å². The molecule has 1 fully saturated rings. The van der Waals surface area contributed by atoms with Crippen LogP contribution in [0.1, 0.15) is 31.7 Å². The van der Waals surface area contributed by atoms with Crippen molar-refractivity contribution in [1.82, 2.24) is 4.90 Å². The van der Waals surface area contributed by atoms with Crippen LogP contribution in [-0.2, 0) is 11.2 Å². The third-order valence-corrected chi connectivity index (χ3v) is 4.87. The molecule has 2 atom stereocenters. The maximum Gasteiger partial charge on any atom is 0.224 e. The molecule has 2 aliphatic heterocycles. The number of likely N-dealkylation sites (tertiary alicyclic amines) is 1. The maximum absolute atomic E-state index is 11.4.